The number of carbonyl (C=O) groups excluding carboxylic acids is 3. The van der Waals surface area contributed by atoms with Gasteiger partial charge in [-0.05, 0) is 34.6 Å². The zero-order chi connectivity index (χ0) is 26.4. The minimum absolute atomic E-state index is 0.0504. The van der Waals surface area contributed by atoms with Crippen LogP contribution in [0.4, 0.5) is 4.79 Å². The van der Waals surface area contributed by atoms with E-state index in [1.165, 1.54) is 18.4 Å². The Morgan fingerprint density at radius 3 is 2.24 bits per heavy atom. The smallest absolute Gasteiger partial charge is 0.407 e. The largest absolute Gasteiger partial charge is 0.469 e. The van der Waals surface area contributed by atoms with Crippen LogP contribution in [-0.4, -0.2) is 42.6 Å². The Bertz CT molecular complexity index is 1200. The molecular weight excluding hydrogens is 488 g/mol. The van der Waals surface area contributed by atoms with E-state index in [4.69, 9.17) is 9.47 Å². The van der Waals surface area contributed by atoms with Gasteiger partial charge in [-0.2, -0.15) is 0 Å². The summed E-state index contributed by atoms with van der Waals surface area (Å²) in [5.74, 6) is -1.28. The van der Waals surface area contributed by atoms with E-state index in [-0.39, 0.29) is 30.6 Å². The first-order chi connectivity index (χ1) is 17.9. The fraction of sp³-hybridized carbons (Fsp3) is 0.379. The lowest BCUT2D eigenvalue weighted by atomic mass is 9.91. The lowest BCUT2D eigenvalue weighted by molar-refractivity contribution is -0.147. The van der Waals surface area contributed by atoms with Crippen molar-refractivity contribution in [1.82, 2.24) is 10.3 Å². The number of methoxy groups -OCH3 is 1. The fourth-order valence-corrected chi connectivity index (χ4v) is 5.48. The van der Waals surface area contributed by atoms with Crippen LogP contribution < -0.4 is 5.32 Å². The van der Waals surface area contributed by atoms with Crippen molar-refractivity contribution in [2.24, 2.45) is 11.8 Å². The lowest BCUT2D eigenvalue weighted by Crippen LogP contribution is -2.43. The molecule has 37 heavy (non-hydrogen) atoms. The Morgan fingerprint density at radius 2 is 1.68 bits per heavy atom. The molecule has 1 unspecified atom stereocenters. The third-order valence-corrected chi connectivity index (χ3v) is 7.29. The zero-order valence-corrected chi connectivity index (χ0v) is 22.1. The van der Waals surface area contributed by atoms with E-state index in [9.17, 15) is 14.4 Å². The Balaban J connectivity index is 1.41. The van der Waals surface area contributed by atoms with Gasteiger partial charge >= 0.3 is 12.1 Å². The van der Waals surface area contributed by atoms with Crippen LogP contribution in [0, 0.1) is 11.8 Å². The number of ketones is 1. The molecule has 2 aromatic carbocycles. The number of esters is 1. The number of thiazole rings is 1. The van der Waals surface area contributed by atoms with Crippen LogP contribution in [0.25, 0.3) is 11.1 Å². The van der Waals surface area contributed by atoms with Crippen LogP contribution in [-0.2, 0) is 25.5 Å². The summed E-state index contributed by atoms with van der Waals surface area (Å²) in [4.78, 5) is 42.7. The molecule has 0 saturated carbocycles. The molecule has 1 N–H and O–H groups in total. The van der Waals surface area contributed by atoms with Gasteiger partial charge in [0.25, 0.3) is 0 Å². The second kappa shape index (κ2) is 12.1. The van der Waals surface area contributed by atoms with Crippen molar-refractivity contribution in [2.45, 2.75) is 45.1 Å². The normalized spacial score (nSPS) is 13.9. The summed E-state index contributed by atoms with van der Waals surface area (Å²) >= 11 is 1.43. The van der Waals surface area contributed by atoms with Crippen LogP contribution >= 0.6 is 11.3 Å². The number of rotatable bonds is 11. The highest BCUT2D eigenvalue weighted by Gasteiger charge is 2.31. The summed E-state index contributed by atoms with van der Waals surface area (Å²) < 4.78 is 10.6. The first kappa shape index (κ1) is 26.5. The Hall–Kier alpha value is -3.52. The maximum absolute atomic E-state index is 13.3. The molecule has 2 atom stereocenters. The summed E-state index contributed by atoms with van der Waals surface area (Å²) in [7, 11) is 1.31. The van der Waals surface area contributed by atoms with Gasteiger partial charge in [-0.3, -0.25) is 9.59 Å². The van der Waals surface area contributed by atoms with Crippen LogP contribution in [0.1, 0.15) is 49.4 Å². The molecule has 0 fully saturated rings. The molecule has 8 heteroatoms. The van der Waals surface area contributed by atoms with E-state index in [0.717, 1.165) is 27.9 Å². The molecule has 0 radical (unpaired) electrons. The van der Waals surface area contributed by atoms with Crippen LogP contribution in [0.5, 0.6) is 0 Å². The van der Waals surface area contributed by atoms with E-state index in [2.05, 4.69) is 34.6 Å². The van der Waals surface area contributed by atoms with Crippen molar-refractivity contribution in [2.75, 3.05) is 13.7 Å². The third kappa shape index (κ3) is 6.43. The number of fused-ring (bicyclic) bond motifs is 3. The molecule has 0 aliphatic heterocycles. The number of hydrogen-bond acceptors (Lipinski definition) is 7. The first-order valence-electron chi connectivity index (χ1n) is 12.5. The standard InChI is InChI=1S/C29H32N2O5S/c1-18(2)12-26(27(32)14-19(28(33)35-3)13-20-16-37-17-30-20)31-29(34)36-15-25-23-10-6-4-8-21(23)22-9-5-7-11-24(22)25/h4-11,16-19,25-26H,12-15H2,1-3H3,(H,31,34)/t19?,26-/m0/s1. The predicted molar refractivity (Wildman–Crippen MR) is 142 cm³/mol. The van der Waals surface area contributed by atoms with Gasteiger partial charge in [-0.15, -0.1) is 11.3 Å². The van der Waals surface area contributed by atoms with Gasteiger partial charge in [0.1, 0.15) is 6.61 Å². The molecular formula is C29H32N2O5S. The molecule has 0 saturated heterocycles. The van der Waals surface area contributed by atoms with Gasteiger partial charge in [0, 0.05) is 24.1 Å². The molecule has 7 nitrogen and oxygen atoms in total. The molecule has 1 heterocycles. The summed E-state index contributed by atoms with van der Waals surface area (Å²) in [6.45, 7) is 4.12. The number of alkyl carbamates (subject to hydrolysis) is 1. The Labute approximate surface area is 221 Å². The van der Waals surface area contributed by atoms with Crippen molar-refractivity contribution in [1.29, 1.82) is 0 Å². The number of amides is 1. The quantitative estimate of drug-likeness (QED) is 0.341. The summed E-state index contributed by atoms with van der Waals surface area (Å²) in [5.41, 5.74) is 6.95. The highest BCUT2D eigenvalue weighted by molar-refractivity contribution is 7.07. The van der Waals surface area contributed by atoms with Crippen molar-refractivity contribution >= 4 is 29.2 Å². The van der Waals surface area contributed by atoms with Crippen LogP contribution in [0.15, 0.2) is 59.4 Å². The van der Waals surface area contributed by atoms with E-state index < -0.39 is 24.0 Å². The molecule has 0 bridgehead atoms. The zero-order valence-electron chi connectivity index (χ0n) is 21.3. The maximum atomic E-state index is 13.3. The first-order valence-corrected chi connectivity index (χ1v) is 13.4. The maximum Gasteiger partial charge on any atom is 0.407 e. The van der Waals surface area contributed by atoms with Gasteiger partial charge < -0.3 is 14.8 Å². The number of hydrogen-bond donors (Lipinski definition) is 1. The number of carbonyl (C=O) groups is 3. The molecule has 3 aromatic rings. The number of aromatic nitrogens is 1. The van der Waals surface area contributed by atoms with E-state index in [1.54, 1.807) is 5.51 Å². The summed E-state index contributed by atoms with van der Waals surface area (Å²) in [5, 5.41) is 4.61. The molecule has 0 spiro atoms. The average molecular weight is 521 g/mol. The van der Waals surface area contributed by atoms with Crippen molar-refractivity contribution in [3.63, 3.8) is 0 Å². The molecule has 4 rings (SSSR count). The molecule has 1 amide bonds. The highest BCUT2D eigenvalue weighted by atomic mass is 32.1. The van der Waals surface area contributed by atoms with Gasteiger partial charge in [0.2, 0.25) is 0 Å². The second-order valence-electron chi connectivity index (χ2n) is 9.73. The Kier molecular flexibility index (Phi) is 8.71. The molecule has 194 valence electrons. The lowest BCUT2D eigenvalue weighted by Gasteiger charge is -2.22. The minimum atomic E-state index is -0.766. The van der Waals surface area contributed by atoms with Crippen LogP contribution in [0.3, 0.4) is 0 Å². The topological polar surface area (TPSA) is 94.6 Å². The average Bonchev–Trinajstić information content (AvgIpc) is 3.52. The predicted octanol–water partition coefficient (Wildman–Crippen LogP) is 5.39. The second-order valence-corrected chi connectivity index (χ2v) is 10.4. The van der Waals surface area contributed by atoms with E-state index in [1.807, 2.05) is 43.5 Å². The molecule has 1 aliphatic rings. The monoisotopic (exact) mass is 520 g/mol. The fourth-order valence-electron chi connectivity index (χ4n) is 4.91. The number of benzene rings is 2. The number of nitrogens with one attached hydrogen (secondary N) is 1. The van der Waals surface area contributed by atoms with Crippen molar-refractivity contribution in [3.8, 4) is 11.1 Å². The summed E-state index contributed by atoms with van der Waals surface area (Å²) in [6.07, 6.45) is 0.0510. The van der Waals surface area contributed by atoms with Crippen LogP contribution in [0.2, 0.25) is 0 Å². The number of nitrogens with zero attached hydrogens (tertiary/aromatic N) is 1. The van der Waals surface area contributed by atoms with Gasteiger partial charge in [-0.25, -0.2) is 9.78 Å². The molecule has 1 aromatic heterocycles. The van der Waals surface area contributed by atoms with Crippen molar-refractivity contribution < 1.29 is 23.9 Å². The van der Waals surface area contributed by atoms with E-state index in [0.29, 0.717) is 12.8 Å². The van der Waals surface area contributed by atoms with Gasteiger partial charge in [0.05, 0.1) is 30.3 Å². The third-order valence-electron chi connectivity index (χ3n) is 6.65. The van der Waals surface area contributed by atoms with E-state index >= 15 is 0 Å². The molecule has 1 aliphatic carbocycles. The number of ether oxygens (including phenoxy) is 2. The minimum Gasteiger partial charge on any atom is -0.469 e. The summed E-state index contributed by atoms with van der Waals surface area (Å²) in [6, 6.07) is 15.5. The van der Waals surface area contributed by atoms with Crippen molar-refractivity contribution in [3.05, 3.63) is 76.2 Å². The number of Topliss-reactive ketones (excluding diaryl/α,β-unsaturated/α-hetero) is 1. The SMILES string of the molecule is COC(=O)C(CC(=O)[C@H](CC(C)C)NC(=O)OCC1c2ccccc2-c2ccccc21)Cc1cscn1. The van der Waals surface area contributed by atoms with Gasteiger partial charge in [-0.1, -0.05) is 62.4 Å². The van der Waals surface area contributed by atoms with Gasteiger partial charge in [0.15, 0.2) is 5.78 Å². The Morgan fingerprint density at radius 1 is 1.03 bits per heavy atom. The highest BCUT2D eigenvalue weighted by Crippen LogP contribution is 2.44.